The van der Waals surface area contributed by atoms with Crippen LogP contribution in [0.2, 0.25) is 0 Å². The van der Waals surface area contributed by atoms with Crippen molar-refractivity contribution in [2.45, 2.75) is 20.0 Å². The van der Waals surface area contributed by atoms with Crippen LogP contribution in [0.3, 0.4) is 0 Å². The van der Waals surface area contributed by atoms with Crippen LogP contribution >= 0.6 is 0 Å². The van der Waals surface area contributed by atoms with Gasteiger partial charge in [0.15, 0.2) is 6.10 Å². The van der Waals surface area contributed by atoms with Crippen molar-refractivity contribution < 1.29 is 9.53 Å². The predicted octanol–water partition coefficient (Wildman–Crippen LogP) is 3.01. The van der Waals surface area contributed by atoms with Crippen molar-refractivity contribution in [2.24, 2.45) is 0 Å². The summed E-state index contributed by atoms with van der Waals surface area (Å²) in [4.78, 5) is 14.2. The van der Waals surface area contributed by atoms with Gasteiger partial charge in [0.2, 0.25) is 0 Å². The van der Waals surface area contributed by atoms with E-state index in [-0.39, 0.29) is 5.91 Å². The third-order valence-electron chi connectivity index (χ3n) is 3.71. The summed E-state index contributed by atoms with van der Waals surface area (Å²) in [5, 5.41) is 2.92. The highest BCUT2D eigenvalue weighted by Gasteiger charge is 2.15. The lowest BCUT2D eigenvalue weighted by atomic mass is 10.2. The first kappa shape index (κ1) is 16.9. The van der Waals surface area contributed by atoms with Crippen molar-refractivity contribution in [2.75, 3.05) is 25.0 Å². The minimum absolute atomic E-state index is 0.102. The van der Waals surface area contributed by atoms with E-state index in [1.54, 1.807) is 6.92 Å². The molecule has 23 heavy (non-hydrogen) atoms. The van der Waals surface area contributed by atoms with Crippen molar-refractivity contribution >= 4 is 11.6 Å². The van der Waals surface area contributed by atoms with Crippen LogP contribution in [0.25, 0.3) is 0 Å². The van der Waals surface area contributed by atoms with Gasteiger partial charge in [-0.05, 0) is 37.6 Å². The molecule has 2 rings (SSSR count). The van der Waals surface area contributed by atoms with E-state index in [0.29, 0.717) is 6.54 Å². The molecule has 1 amide bonds. The fourth-order valence-corrected chi connectivity index (χ4v) is 2.23. The SMILES string of the molecule is Cc1ccccc1O[C@@H](C)C(=O)NCCN(C)c1ccccc1. The zero-order chi connectivity index (χ0) is 16.7. The Bertz CT molecular complexity index is 628. The van der Waals surface area contributed by atoms with E-state index in [1.807, 2.05) is 68.6 Å². The van der Waals surface area contributed by atoms with Gasteiger partial charge in [-0.15, -0.1) is 0 Å². The molecule has 4 heteroatoms. The molecule has 1 N–H and O–H groups in total. The molecule has 0 aliphatic carbocycles. The van der Waals surface area contributed by atoms with Gasteiger partial charge in [-0.3, -0.25) is 4.79 Å². The summed E-state index contributed by atoms with van der Waals surface area (Å²) >= 11 is 0. The third kappa shape index (κ3) is 5.02. The van der Waals surface area contributed by atoms with Gasteiger partial charge in [0.25, 0.3) is 5.91 Å². The van der Waals surface area contributed by atoms with E-state index < -0.39 is 6.10 Å². The van der Waals surface area contributed by atoms with Gasteiger partial charge in [-0.2, -0.15) is 0 Å². The normalized spacial score (nSPS) is 11.6. The number of carbonyl (C=O) groups excluding carboxylic acids is 1. The first-order chi connectivity index (χ1) is 11.1. The summed E-state index contributed by atoms with van der Waals surface area (Å²) in [5.41, 5.74) is 2.15. The summed E-state index contributed by atoms with van der Waals surface area (Å²) in [5.74, 6) is 0.645. The molecule has 0 bridgehead atoms. The number of ether oxygens (including phenoxy) is 1. The van der Waals surface area contributed by atoms with Gasteiger partial charge in [0, 0.05) is 25.8 Å². The third-order valence-corrected chi connectivity index (χ3v) is 3.71. The van der Waals surface area contributed by atoms with Crippen molar-refractivity contribution in [3.05, 3.63) is 60.2 Å². The number of hydrogen-bond donors (Lipinski definition) is 1. The number of para-hydroxylation sites is 2. The molecule has 0 aliphatic heterocycles. The Hall–Kier alpha value is -2.49. The largest absolute Gasteiger partial charge is 0.481 e. The van der Waals surface area contributed by atoms with Crippen molar-refractivity contribution in [1.82, 2.24) is 5.32 Å². The lowest BCUT2D eigenvalue weighted by molar-refractivity contribution is -0.127. The second-order valence-corrected chi connectivity index (χ2v) is 5.57. The van der Waals surface area contributed by atoms with Crippen molar-refractivity contribution in [3.8, 4) is 5.75 Å². The van der Waals surface area contributed by atoms with Gasteiger partial charge in [0.05, 0.1) is 0 Å². The van der Waals surface area contributed by atoms with Crippen molar-refractivity contribution in [3.63, 3.8) is 0 Å². The molecule has 1 atom stereocenters. The van der Waals surface area contributed by atoms with Crippen LogP contribution in [-0.4, -0.2) is 32.1 Å². The van der Waals surface area contributed by atoms with E-state index in [0.717, 1.165) is 23.5 Å². The topological polar surface area (TPSA) is 41.6 Å². The first-order valence-electron chi connectivity index (χ1n) is 7.84. The van der Waals surface area contributed by atoms with Gasteiger partial charge < -0.3 is 15.0 Å². The number of aryl methyl sites for hydroxylation is 1. The quantitative estimate of drug-likeness (QED) is 0.854. The highest BCUT2D eigenvalue weighted by molar-refractivity contribution is 5.80. The van der Waals surface area contributed by atoms with Crippen LogP contribution in [0.4, 0.5) is 5.69 Å². The number of rotatable bonds is 7. The number of likely N-dealkylation sites (N-methyl/N-ethyl adjacent to an activating group) is 1. The van der Waals surface area contributed by atoms with E-state index in [9.17, 15) is 4.79 Å². The average Bonchev–Trinajstić information content (AvgIpc) is 2.57. The Morgan fingerprint density at radius 2 is 1.78 bits per heavy atom. The molecule has 0 aliphatic rings. The van der Waals surface area contributed by atoms with Crippen LogP contribution in [-0.2, 0) is 4.79 Å². The zero-order valence-electron chi connectivity index (χ0n) is 14.0. The fraction of sp³-hybridized carbons (Fsp3) is 0.316. The number of anilines is 1. The molecule has 0 saturated carbocycles. The van der Waals surface area contributed by atoms with Crippen LogP contribution < -0.4 is 15.0 Å². The van der Waals surface area contributed by atoms with Gasteiger partial charge in [0.1, 0.15) is 5.75 Å². The van der Waals surface area contributed by atoms with Crippen LogP contribution in [0.5, 0.6) is 5.75 Å². The fourth-order valence-electron chi connectivity index (χ4n) is 2.23. The number of hydrogen-bond acceptors (Lipinski definition) is 3. The Kier molecular flexibility index (Phi) is 6.03. The van der Waals surface area contributed by atoms with Gasteiger partial charge >= 0.3 is 0 Å². The minimum atomic E-state index is -0.516. The van der Waals surface area contributed by atoms with E-state index >= 15 is 0 Å². The number of carbonyl (C=O) groups is 1. The second-order valence-electron chi connectivity index (χ2n) is 5.57. The Morgan fingerprint density at radius 3 is 2.48 bits per heavy atom. The predicted molar refractivity (Wildman–Crippen MR) is 94.0 cm³/mol. The lowest BCUT2D eigenvalue weighted by Crippen LogP contribution is -2.40. The van der Waals surface area contributed by atoms with Crippen molar-refractivity contribution in [1.29, 1.82) is 0 Å². The highest BCUT2D eigenvalue weighted by atomic mass is 16.5. The maximum absolute atomic E-state index is 12.1. The summed E-state index contributed by atoms with van der Waals surface area (Å²) in [6.45, 7) is 5.05. The van der Waals surface area contributed by atoms with Gasteiger partial charge in [-0.25, -0.2) is 0 Å². The molecule has 0 radical (unpaired) electrons. The Labute approximate surface area is 138 Å². The van der Waals surface area contributed by atoms with Crippen LogP contribution in [0.1, 0.15) is 12.5 Å². The maximum atomic E-state index is 12.1. The first-order valence-corrected chi connectivity index (χ1v) is 7.84. The van der Waals surface area contributed by atoms with Crippen LogP contribution in [0.15, 0.2) is 54.6 Å². The zero-order valence-corrected chi connectivity index (χ0v) is 14.0. The lowest BCUT2D eigenvalue weighted by Gasteiger charge is -2.20. The molecule has 0 aromatic heterocycles. The molecule has 2 aromatic rings. The molecular weight excluding hydrogens is 288 g/mol. The molecule has 0 fully saturated rings. The summed E-state index contributed by atoms with van der Waals surface area (Å²) < 4.78 is 5.72. The minimum Gasteiger partial charge on any atom is -0.481 e. The monoisotopic (exact) mass is 312 g/mol. The Morgan fingerprint density at radius 1 is 1.13 bits per heavy atom. The van der Waals surface area contributed by atoms with E-state index in [4.69, 9.17) is 4.74 Å². The number of amides is 1. The number of nitrogens with one attached hydrogen (secondary N) is 1. The highest BCUT2D eigenvalue weighted by Crippen LogP contribution is 2.17. The molecule has 4 nitrogen and oxygen atoms in total. The Balaban J connectivity index is 1.77. The molecule has 0 spiro atoms. The number of nitrogens with zero attached hydrogens (tertiary/aromatic N) is 1. The molecule has 122 valence electrons. The summed E-state index contributed by atoms with van der Waals surface area (Å²) in [6, 6.07) is 17.8. The average molecular weight is 312 g/mol. The number of benzene rings is 2. The second kappa shape index (κ2) is 8.22. The molecule has 0 unspecified atom stereocenters. The van der Waals surface area contributed by atoms with E-state index in [2.05, 4.69) is 10.2 Å². The summed E-state index contributed by atoms with van der Waals surface area (Å²) in [7, 11) is 2.01. The van der Waals surface area contributed by atoms with Crippen LogP contribution in [0, 0.1) is 6.92 Å². The molecule has 0 saturated heterocycles. The molecular formula is C19H24N2O2. The molecule has 2 aromatic carbocycles. The standard InChI is InChI=1S/C19H24N2O2/c1-15-9-7-8-12-18(15)23-16(2)19(22)20-13-14-21(3)17-10-5-4-6-11-17/h4-12,16H,13-14H2,1-3H3,(H,20,22)/t16-/m0/s1. The maximum Gasteiger partial charge on any atom is 0.260 e. The summed E-state index contributed by atoms with van der Waals surface area (Å²) in [6.07, 6.45) is -0.516. The van der Waals surface area contributed by atoms with Gasteiger partial charge in [-0.1, -0.05) is 36.4 Å². The smallest absolute Gasteiger partial charge is 0.260 e. The molecule has 0 heterocycles. The van der Waals surface area contributed by atoms with E-state index in [1.165, 1.54) is 0 Å².